The lowest BCUT2D eigenvalue weighted by Crippen LogP contribution is -2.17. The van der Waals surface area contributed by atoms with Crippen LogP contribution in [-0.4, -0.2) is 6.54 Å². The molecule has 0 atom stereocenters. The number of alkyl halides is 3. The van der Waals surface area contributed by atoms with Crippen LogP contribution >= 0.6 is 15.9 Å². The zero-order valence-corrected chi connectivity index (χ0v) is 11.4. The molecule has 0 unspecified atom stereocenters. The molecule has 0 bridgehead atoms. The third-order valence-corrected chi connectivity index (χ3v) is 3.87. The highest BCUT2D eigenvalue weighted by molar-refractivity contribution is 9.10. The number of anilines is 1. The Kier molecular flexibility index (Phi) is 4.20. The summed E-state index contributed by atoms with van der Waals surface area (Å²) < 4.78 is 38.9. The summed E-state index contributed by atoms with van der Waals surface area (Å²) >= 11 is 3.07. The summed E-state index contributed by atoms with van der Waals surface area (Å²) in [5.74, 6) is 0.697. The molecule has 0 aromatic heterocycles. The molecule has 1 aromatic carbocycles. The van der Waals surface area contributed by atoms with Gasteiger partial charge in [-0.3, -0.25) is 0 Å². The summed E-state index contributed by atoms with van der Waals surface area (Å²) in [6, 6.07) is 4.22. The van der Waals surface area contributed by atoms with Crippen LogP contribution in [0.4, 0.5) is 18.9 Å². The highest BCUT2D eigenvalue weighted by atomic mass is 79.9. The first kappa shape index (κ1) is 13.7. The first-order valence-corrected chi connectivity index (χ1v) is 6.87. The second-order valence-corrected chi connectivity index (χ2v) is 5.62. The topological polar surface area (TPSA) is 12.0 Å². The van der Waals surface area contributed by atoms with Crippen LogP contribution in [0.25, 0.3) is 0 Å². The van der Waals surface area contributed by atoms with Crippen LogP contribution in [0, 0.1) is 5.92 Å². The Hall–Kier alpha value is -0.710. The summed E-state index contributed by atoms with van der Waals surface area (Å²) in [5.41, 5.74) is -0.435. The quantitative estimate of drug-likeness (QED) is 0.816. The third-order valence-electron chi connectivity index (χ3n) is 3.38. The molecule has 1 saturated carbocycles. The zero-order valence-electron chi connectivity index (χ0n) is 9.86. The Morgan fingerprint density at radius 3 is 2.56 bits per heavy atom. The van der Waals surface area contributed by atoms with Gasteiger partial charge in [0, 0.05) is 16.7 Å². The fourth-order valence-corrected chi connectivity index (χ4v) is 2.46. The fraction of sp³-hybridized carbons (Fsp3) is 0.538. The van der Waals surface area contributed by atoms with E-state index < -0.39 is 11.7 Å². The van der Waals surface area contributed by atoms with E-state index in [-0.39, 0.29) is 5.69 Å². The van der Waals surface area contributed by atoms with Gasteiger partial charge in [0.1, 0.15) is 0 Å². The van der Waals surface area contributed by atoms with Crippen molar-refractivity contribution in [2.75, 3.05) is 11.9 Å². The molecule has 100 valence electrons. The number of rotatable bonds is 4. The lowest BCUT2D eigenvalue weighted by atomic mass is 9.83. The van der Waals surface area contributed by atoms with E-state index in [9.17, 15) is 13.2 Å². The fourth-order valence-electron chi connectivity index (χ4n) is 2.10. The first-order valence-electron chi connectivity index (χ1n) is 6.07. The lowest BCUT2D eigenvalue weighted by Gasteiger charge is -2.25. The van der Waals surface area contributed by atoms with Gasteiger partial charge in [-0.2, -0.15) is 13.2 Å². The van der Waals surface area contributed by atoms with Gasteiger partial charge < -0.3 is 5.32 Å². The van der Waals surface area contributed by atoms with Gasteiger partial charge in [0.05, 0.1) is 5.56 Å². The molecule has 1 aliphatic rings. The summed E-state index contributed by atoms with van der Waals surface area (Å²) in [5, 5.41) is 2.91. The van der Waals surface area contributed by atoms with Crippen LogP contribution in [0.15, 0.2) is 22.7 Å². The SMILES string of the molecule is FC(F)(F)c1cc(Br)ccc1NCCC1CCC1. The van der Waals surface area contributed by atoms with Gasteiger partial charge in [0.2, 0.25) is 0 Å². The molecular weight excluding hydrogens is 307 g/mol. The van der Waals surface area contributed by atoms with Crippen molar-refractivity contribution in [1.29, 1.82) is 0 Å². The smallest absolute Gasteiger partial charge is 0.385 e. The highest BCUT2D eigenvalue weighted by Crippen LogP contribution is 2.37. The highest BCUT2D eigenvalue weighted by Gasteiger charge is 2.33. The molecule has 2 rings (SSSR count). The summed E-state index contributed by atoms with van der Waals surface area (Å²) in [4.78, 5) is 0. The van der Waals surface area contributed by atoms with Crippen LogP contribution in [0.1, 0.15) is 31.2 Å². The maximum absolute atomic E-state index is 12.8. The molecule has 0 radical (unpaired) electrons. The Bertz CT molecular complexity index is 413. The number of hydrogen-bond donors (Lipinski definition) is 1. The van der Waals surface area contributed by atoms with Gasteiger partial charge in [-0.05, 0) is 30.5 Å². The minimum absolute atomic E-state index is 0.171. The molecule has 1 nitrogen and oxygen atoms in total. The minimum atomic E-state index is -4.32. The number of nitrogens with one attached hydrogen (secondary N) is 1. The van der Waals surface area contributed by atoms with E-state index >= 15 is 0 Å². The summed E-state index contributed by atoms with van der Waals surface area (Å²) in [6.07, 6.45) is 0.328. The van der Waals surface area contributed by atoms with Crippen LogP contribution in [-0.2, 0) is 6.18 Å². The molecule has 0 aliphatic heterocycles. The minimum Gasteiger partial charge on any atom is -0.385 e. The molecular formula is C13H15BrF3N. The van der Waals surface area contributed by atoms with E-state index in [0.717, 1.165) is 12.5 Å². The second-order valence-electron chi connectivity index (χ2n) is 4.70. The Morgan fingerprint density at radius 2 is 2.00 bits per heavy atom. The molecule has 5 heteroatoms. The second kappa shape index (κ2) is 5.51. The van der Waals surface area contributed by atoms with Crippen LogP contribution in [0.5, 0.6) is 0 Å². The summed E-state index contributed by atoms with van der Waals surface area (Å²) in [6.45, 7) is 0.607. The molecule has 0 amide bonds. The van der Waals surface area contributed by atoms with E-state index in [1.165, 1.54) is 25.3 Å². The Labute approximate surface area is 113 Å². The molecule has 18 heavy (non-hydrogen) atoms. The van der Waals surface area contributed by atoms with Gasteiger partial charge in [-0.25, -0.2) is 0 Å². The van der Waals surface area contributed by atoms with Crippen LogP contribution < -0.4 is 5.32 Å². The molecule has 1 fully saturated rings. The molecule has 0 saturated heterocycles. The number of benzene rings is 1. The van der Waals surface area contributed by atoms with E-state index in [1.54, 1.807) is 6.07 Å². The zero-order chi connectivity index (χ0) is 13.2. The van der Waals surface area contributed by atoms with Crippen molar-refractivity contribution in [3.63, 3.8) is 0 Å². The molecule has 0 heterocycles. The lowest BCUT2D eigenvalue weighted by molar-refractivity contribution is -0.137. The van der Waals surface area contributed by atoms with Crippen molar-refractivity contribution in [2.24, 2.45) is 5.92 Å². The normalized spacial score (nSPS) is 16.4. The van der Waals surface area contributed by atoms with Crippen molar-refractivity contribution < 1.29 is 13.2 Å². The Morgan fingerprint density at radius 1 is 1.28 bits per heavy atom. The van der Waals surface area contributed by atoms with Crippen molar-refractivity contribution in [1.82, 2.24) is 0 Å². The average Bonchev–Trinajstić information content (AvgIpc) is 2.22. The van der Waals surface area contributed by atoms with Gasteiger partial charge >= 0.3 is 6.18 Å². The van der Waals surface area contributed by atoms with E-state index in [0.29, 0.717) is 16.9 Å². The molecule has 0 spiro atoms. The number of hydrogen-bond acceptors (Lipinski definition) is 1. The maximum Gasteiger partial charge on any atom is 0.418 e. The van der Waals surface area contributed by atoms with Gasteiger partial charge in [0.15, 0.2) is 0 Å². The van der Waals surface area contributed by atoms with E-state index in [1.807, 2.05) is 0 Å². The predicted molar refractivity (Wildman–Crippen MR) is 69.6 cm³/mol. The third kappa shape index (κ3) is 3.40. The van der Waals surface area contributed by atoms with Gasteiger partial charge in [0.25, 0.3) is 0 Å². The van der Waals surface area contributed by atoms with Crippen molar-refractivity contribution >= 4 is 21.6 Å². The van der Waals surface area contributed by atoms with Gasteiger partial charge in [-0.15, -0.1) is 0 Å². The van der Waals surface area contributed by atoms with Crippen molar-refractivity contribution in [3.05, 3.63) is 28.2 Å². The predicted octanol–water partition coefficient (Wildman–Crippen LogP) is 5.07. The van der Waals surface area contributed by atoms with Gasteiger partial charge in [-0.1, -0.05) is 35.2 Å². The molecule has 1 N–H and O–H groups in total. The van der Waals surface area contributed by atoms with Crippen LogP contribution in [0.2, 0.25) is 0 Å². The number of halogens is 4. The van der Waals surface area contributed by atoms with Crippen molar-refractivity contribution in [2.45, 2.75) is 31.9 Å². The monoisotopic (exact) mass is 321 g/mol. The molecule has 1 aromatic rings. The Balaban J connectivity index is 2.01. The largest absolute Gasteiger partial charge is 0.418 e. The summed E-state index contributed by atoms with van der Waals surface area (Å²) in [7, 11) is 0. The first-order chi connectivity index (χ1) is 8.47. The average molecular weight is 322 g/mol. The standard InChI is InChI=1S/C13H15BrF3N/c14-10-4-5-12(11(8-10)13(15,16)17)18-7-6-9-2-1-3-9/h4-5,8-9,18H,1-3,6-7H2. The van der Waals surface area contributed by atoms with E-state index in [2.05, 4.69) is 21.2 Å². The van der Waals surface area contributed by atoms with Crippen molar-refractivity contribution in [3.8, 4) is 0 Å². The molecule has 1 aliphatic carbocycles. The van der Waals surface area contributed by atoms with Crippen LogP contribution in [0.3, 0.4) is 0 Å². The maximum atomic E-state index is 12.8. The van der Waals surface area contributed by atoms with E-state index in [4.69, 9.17) is 0 Å².